The summed E-state index contributed by atoms with van der Waals surface area (Å²) in [6.07, 6.45) is 8.40. The highest BCUT2D eigenvalue weighted by atomic mass is 16.1. The first kappa shape index (κ1) is 7.75. The Labute approximate surface area is 78.4 Å². The lowest BCUT2D eigenvalue weighted by atomic mass is 9.71. The van der Waals surface area contributed by atoms with Crippen molar-refractivity contribution in [1.82, 2.24) is 0 Å². The maximum Gasteiger partial charge on any atom is 0.235 e. The van der Waals surface area contributed by atoms with Gasteiger partial charge in [0.25, 0.3) is 0 Å². The zero-order chi connectivity index (χ0) is 9.10. The Morgan fingerprint density at radius 3 is 2.62 bits per heavy atom. The van der Waals surface area contributed by atoms with Gasteiger partial charge in [0, 0.05) is 0 Å². The van der Waals surface area contributed by atoms with Crippen LogP contribution in [-0.2, 0) is 4.79 Å². The van der Waals surface area contributed by atoms with Gasteiger partial charge >= 0.3 is 0 Å². The molecule has 0 aliphatic heterocycles. The molecule has 3 saturated carbocycles. The zero-order valence-corrected chi connectivity index (χ0v) is 8.05. The molecule has 3 unspecified atom stereocenters. The molecule has 0 N–H and O–H groups in total. The summed E-state index contributed by atoms with van der Waals surface area (Å²) in [4.78, 5) is 14.6. The van der Waals surface area contributed by atoms with Crippen molar-refractivity contribution in [2.24, 2.45) is 22.2 Å². The van der Waals surface area contributed by atoms with Crippen molar-refractivity contribution in [3.63, 3.8) is 0 Å². The molecule has 3 aliphatic rings. The van der Waals surface area contributed by atoms with Crippen LogP contribution in [0.25, 0.3) is 0 Å². The van der Waals surface area contributed by atoms with Crippen molar-refractivity contribution in [3.8, 4) is 0 Å². The van der Waals surface area contributed by atoms with E-state index in [9.17, 15) is 4.79 Å². The summed E-state index contributed by atoms with van der Waals surface area (Å²) < 4.78 is 0. The molecule has 0 aromatic carbocycles. The monoisotopic (exact) mass is 177 g/mol. The van der Waals surface area contributed by atoms with Gasteiger partial charge in [0.1, 0.15) is 0 Å². The van der Waals surface area contributed by atoms with Crippen LogP contribution < -0.4 is 0 Å². The molecule has 2 bridgehead atoms. The largest absolute Gasteiger partial charge is 0.235 e. The van der Waals surface area contributed by atoms with Gasteiger partial charge < -0.3 is 0 Å². The van der Waals surface area contributed by atoms with Gasteiger partial charge in [-0.3, -0.25) is 0 Å². The minimum Gasteiger partial charge on any atom is -0.211 e. The summed E-state index contributed by atoms with van der Waals surface area (Å²) in [5.74, 6) is 1.56. The van der Waals surface area contributed by atoms with Crippen molar-refractivity contribution in [1.29, 1.82) is 0 Å². The molecule has 0 aromatic rings. The third kappa shape index (κ3) is 0.680. The molecule has 2 heteroatoms. The summed E-state index contributed by atoms with van der Waals surface area (Å²) in [5, 5.41) is 0. The van der Waals surface area contributed by atoms with Gasteiger partial charge in [-0.15, -0.1) is 0 Å². The molecule has 3 rings (SSSR count). The molecule has 0 amide bonds. The fourth-order valence-corrected chi connectivity index (χ4v) is 4.16. The van der Waals surface area contributed by atoms with Gasteiger partial charge in [-0.2, -0.15) is 4.99 Å². The average Bonchev–Trinajstić information content (AvgIpc) is 2.70. The predicted octanol–water partition coefficient (Wildman–Crippen LogP) is 2.29. The molecule has 1 spiro atoms. The van der Waals surface area contributed by atoms with Crippen molar-refractivity contribution >= 4 is 6.08 Å². The highest BCUT2D eigenvalue weighted by Crippen LogP contribution is 2.74. The van der Waals surface area contributed by atoms with Crippen molar-refractivity contribution in [2.45, 2.75) is 44.6 Å². The number of aliphatic imine (C=N–C) groups is 1. The SMILES string of the molecule is CC1(N=C=O)C2CCC(C2)C12CC2. The summed E-state index contributed by atoms with van der Waals surface area (Å²) >= 11 is 0. The van der Waals surface area contributed by atoms with Gasteiger partial charge in [-0.05, 0) is 56.3 Å². The van der Waals surface area contributed by atoms with Crippen LogP contribution in [-0.4, -0.2) is 11.6 Å². The van der Waals surface area contributed by atoms with E-state index in [-0.39, 0.29) is 5.54 Å². The second-order valence-corrected chi connectivity index (χ2v) is 5.21. The average molecular weight is 177 g/mol. The fraction of sp³-hybridized carbons (Fsp3) is 0.909. The van der Waals surface area contributed by atoms with E-state index in [2.05, 4.69) is 11.9 Å². The molecule has 0 aromatic heterocycles. The van der Waals surface area contributed by atoms with E-state index < -0.39 is 0 Å². The van der Waals surface area contributed by atoms with Gasteiger partial charge in [-0.1, -0.05) is 0 Å². The Balaban J connectivity index is 2.07. The number of fused-ring (bicyclic) bond motifs is 3. The normalized spacial score (nSPS) is 49.3. The van der Waals surface area contributed by atoms with E-state index >= 15 is 0 Å². The molecular weight excluding hydrogens is 162 g/mol. The van der Waals surface area contributed by atoms with Crippen LogP contribution in [0.15, 0.2) is 4.99 Å². The lowest BCUT2D eigenvalue weighted by Crippen LogP contribution is -2.40. The third-order valence-corrected chi connectivity index (χ3v) is 5.08. The molecule has 0 saturated heterocycles. The summed E-state index contributed by atoms with van der Waals surface area (Å²) in [6.45, 7) is 2.19. The molecule has 2 nitrogen and oxygen atoms in total. The predicted molar refractivity (Wildman–Crippen MR) is 49.0 cm³/mol. The van der Waals surface area contributed by atoms with Gasteiger partial charge in [0.15, 0.2) is 0 Å². The van der Waals surface area contributed by atoms with E-state index in [1.807, 2.05) is 0 Å². The van der Waals surface area contributed by atoms with Crippen molar-refractivity contribution in [2.75, 3.05) is 0 Å². The van der Waals surface area contributed by atoms with Crippen LogP contribution in [0.3, 0.4) is 0 Å². The van der Waals surface area contributed by atoms with Crippen LogP contribution in [0, 0.1) is 17.3 Å². The number of carbonyl (C=O) groups excluding carboxylic acids is 1. The van der Waals surface area contributed by atoms with Gasteiger partial charge in [0.05, 0.1) is 5.54 Å². The zero-order valence-electron chi connectivity index (χ0n) is 8.05. The molecule has 0 radical (unpaired) electrons. The number of hydrogen-bond acceptors (Lipinski definition) is 2. The standard InChI is InChI=1S/C11H15NO/c1-10(12-7-13)8-2-3-9(6-8)11(10)4-5-11/h8-9H,2-6H2,1H3. The van der Waals surface area contributed by atoms with Gasteiger partial charge in [-0.25, -0.2) is 4.79 Å². The van der Waals surface area contributed by atoms with Gasteiger partial charge in [0.2, 0.25) is 6.08 Å². The van der Waals surface area contributed by atoms with Crippen LogP contribution in [0.2, 0.25) is 0 Å². The Hall–Kier alpha value is -0.620. The first-order chi connectivity index (χ1) is 6.23. The lowest BCUT2D eigenvalue weighted by molar-refractivity contribution is 0.172. The number of isocyanates is 1. The van der Waals surface area contributed by atoms with E-state index in [0.29, 0.717) is 11.3 Å². The number of nitrogens with zero attached hydrogens (tertiary/aromatic N) is 1. The molecular formula is C11H15NO. The number of hydrogen-bond donors (Lipinski definition) is 0. The minimum absolute atomic E-state index is 0.0301. The number of rotatable bonds is 1. The first-order valence-corrected chi connectivity index (χ1v) is 5.32. The second-order valence-electron chi connectivity index (χ2n) is 5.21. The minimum atomic E-state index is -0.0301. The van der Waals surface area contributed by atoms with Crippen LogP contribution in [0.1, 0.15) is 39.0 Å². The van der Waals surface area contributed by atoms with Crippen LogP contribution in [0.5, 0.6) is 0 Å². The van der Waals surface area contributed by atoms with E-state index in [0.717, 1.165) is 5.92 Å². The van der Waals surface area contributed by atoms with E-state index in [1.165, 1.54) is 32.1 Å². The van der Waals surface area contributed by atoms with E-state index in [4.69, 9.17) is 0 Å². The lowest BCUT2D eigenvalue weighted by Gasteiger charge is -2.37. The molecule has 3 fully saturated rings. The second kappa shape index (κ2) is 2.06. The Kier molecular flexibility index (Phi) is 1.23. The molecule has 3 aliphatic carbocycles. The molecule has 3 atom stereocenters. The van der Waals surface area contributed by atoms with E-state index in [1.54, 1.807) is 6.08 Å². The highest BCUT2D eigenvalue weighted by Gasteiger charge is 2.70. The third-order valence-electron chi connectivity index (χ3n) is 5.08. The van der Waals surface area contributed by atoms with Crippen LogP contribution in [0.4, 0.5) is 0 Å². The highest BCUT2D eigenvalue weighted by molar-refractivity contribution is 5.38. The Morgan fingerprint density at radius 2 is 2.00 bits per heavy atom. The van der Waals surface area contributed by atoms with Crippen LogP contribution >= 0.6 is 0 Å². The molecule has 13 heavy (non-hydrogen) atoms. The molecule has 70 valence electrons. The maximum atomic E-state index is 10.5. The molecule has 0 heterocycles. The Morgan fingerprint density at radius 1 is 1.31 bits per heavy atom. The topological polar surface area (TPSA) is 29.4 Å². The smallest absolute Gasteiger partial charge is 0.211 e. The van der Waals surface area contributed by atoms with Crippen molar-refractivity contribution in [3.05, 3.63) is 0 Å². The van der Waals surface area contributed by atoms with Crippen molar-refractivity contribution < 1.29 is 4.79 Å². The maximum absolute atomic E-state index is 10.5. The summed E-state index contributed by atoms with van der Waals surface area (Å²) in [7, 11) is 0. The first-order valence-electron chi connectivity index (χ1n) is 5.32. The summed E-state index contributed by atoms with van der Waals surface area (Å²) in [5.41, 5.74) is 0.408. The fourth-order valence-electron chi connectivity index (χ4n) is 4.16. The summed E-state index contributed by atoms with van der Waals surface area (Å²) in [6, 6.07) is 0. The Bertz CT molecular complexity index is 301. The quantitative estimate of drug-likeness (QED) is 0.446.